The van der Waals surface area contributed by atoms with E-state index < -0.39 is 10.0 Å². The number of hydrogen-bond acceptors (Lipinski definition) is 4. The van der Waals surface area contributed by atoms with Gasteiger partial charge in [0.1, 0.15) is 0 Å². The van der Waals surface area contributed by atoms with Crippen molar-refractivity contribution in [3.05, 3.63) is 35.4 Å². The molecule has 1 N–H and O–H groups in total. The number of nitrogens with zero attached hydrogens (tertiary/aromatic N) is 2. The third-order valence-electron chi connectivity index (χ3n) is 2.77. The monoisotopic (exact) mass is 309 g/mol. The molecule has 1 amide bonds. The van der Waals surface area contributed by atoms with Crippen molar-refractivity contribution in [3.8, 4) is 6.07 Å². The van der Waals surface area contributed by atoms with Gasteiger partial charge in [-0.1, -0.05) is 18.2 Å². The van der Waals surface area contributed by atoms with Crippen molar-refractivity contribution < 1.29 is 13.2 Å². The molecule has 1 aromatic rings. The van der Waals surface area contributed by atoms with Crippen molar-refractivity contribution in [2.75, 3.05) is 13.6 Å². The second-order valence-electron chi connectivity index (χ2n) is 5.00. The number of carbonyl (C=O) groups excluding carboxylic acids is 1. The molecule has 21 heavy (non-hydrogen) atoms. The Morgan fingerprint density at radius 1 is 1.38 bits per heavy atom. The fourth-order valence-corrected chi connectivity index (χ4v) is 2.91. The molecule has 0 aliphatic heterocycles. The first-order chi connectivity index (χ1) is 9.76. The van der Waals surface area contributed by atoms with Gasteiger partial charge in [-0.25, -0.2) is 8.42 Å². The van der Waals surface area contributed by atoms with E-state index in [4.69, 9.17) is 5.26 Å². The SMILES string of the molecule is CC(C)NC(=O)CN(C)S(=O)(=O)Cc1ccccc1C#N. The van der Waals surface area contributed by atoms with Crippen LogP contribution in [0.25, 0.3) is 0 Å². The molecule has 1 rings (SSSR count). The summed E-state index contributed by atoms with van der Waals surface area (Å²) in [5.74, 6) is -0.660. The molecule has 0 unspecified atom stereocenters. The third kappa shape index (κ3) is 5.17. The third-order valence-corrected chi connectivity index (χ3v) is 4.52. The van der Waals surface area contributed by atoms with E-state index in [9.17, 15) is 13.2 Å². The Labute approximate surface area is 125 Å². The lowest BCUT2D eigenvalue weighted by Gasteiger charge is -2.18. The molecule has 0 fully saturated rings. The molecule has 0 aliphatic rings. The van der Waals surface area contributed by atoms with Gasteiger partial charge in [0.25, 0.3) is 0 Å². The molecule has 7 heteroatoms. The van der Waals surface area contributed by atoms with Gasteiger partial charge in [-0.3, -0.25) is 4.79 Å². The Morgan fingerprint density at radius 3 is 2.57 bits per heavy atom. The molecule has 0 aromatic heterocycles. The van der Waals surface area contributed by atoms with Crippen molar-refractivity contribution in [3.63, 3.8) is 0 Å². The summed E-state index contributed by atoms with van der Waals surface area (Å²) in [6, 6.07) is 8.43. The average molecular weight is 309 g/mol. The number of rotatable bonds is 6. The zero-order valence-electron chi connectivity index (χ0n) is 12.3. The summed E-state index contributed by atoms with van der Waals surface area (Å²) in [5.41, 5.74) is 0.747. The molecule has 114 valence electrons. The maximum atomic E-state index is 12.2. The smallest absolute Gasteiger partial charge is 0.235 e. The van der Waals surface area contributed by atoms with Crippen LogP contribution in [0.4, 0.5) is 0 Å². The van der Waals surface area contributed by atoms with Crippen LogP contribution in [-0.4, -0.2) is 38.3 Å². The summed E-state index contributed by atoms with van der Waals surface area (Å²) in [4.78, 5) is 11.6. The highest BCUT2D eigenvalue weighted by atomic mass is 32.2. The summed E-state index contributed by atoms with van der Waals surface area (Å²) in [6.07, 6.45) is 0. The van der Waals surface area contributed by atoms with Gasteiger partial charge in [-0.2, -0.15) is 9.57 Å². The Morgan fingerprint density at radius 2 is 2.00 bits per heavy atom. The van der Waals surface area contributed by atoms with Crippen LogP contribution in [0.2, 0.25) is 0 Å². The number of likely N-dealkylation sites (N-methyl/N-ethyl adjacent to an activating group) is 1. The second-order valence-corrected chi connectivity index (χ2v) is 7.08. The van der Waals surface area contributed by atoms with Crippen molar-refractivity contribution in [1.82, 2.24) is 9.62 Å². The number of nitriles is 1. The number of benzene rings is 1. The normalized spacial score (nSPS) is 11.4. The van der Waals surface area contributed by atoms with E-state index in [-0.39, 0.29) is 24.2 Å². The molecular weight excluding hydrogens is 290 g/mol. The molecule has 0 aliphatic carbocycles. The van der Waals surface area contributed by atoms with Crippen LogP contribution in [0.15, 0.2) is 24.3 Å². The lowest BCUT2D eigenvalue weighted by atomic mass is 10.1. The van der Waals surface area contributed by atoms with Crippen molar-refractivity contribution in [2.45, 2.75) is 25.6 Å². The zero-order chi connectivity index (χ0) is 16.0. The summed E-state index contributed by atoms with van der Waals surface area (Å²) < 4.78 is 25.5. The highest BCUT2D eigenvalue weighted by Gasteiger charge is 2.22. The summed E-state index contributed by atoms with van der Waals surface area (Å²) in [6.45, 7) is 3.36. The molecule has 0 heterocycles. The molecule has 6 nitrogen and oxygen atoms in total. The van der Waals surface area contributed by atoms with Crippen molar-refractivity contribution >= 4 is 15.9 Å². The van der Waals surface area contributed by atoms with Gasteiger partial charge in [0.05, 0.1) is 23.9 Å². The van der Waals surface area contributed by atoms with Crippen molar-refractivity contribution in [2.24, 2.45) is 0 Å². The van der Waals surface area contributed by atoms with Gasteiger partial charge in [-0.15, -0.1) is 0 Å². The van der Waals surface area contributed by atoms with E-state index in [0.717, 1.165) is 4.31 Å². The first-order valence-electron chi connectivity index (χ1n) is 6.47. The topological polar surface area (TPSA) is 90.3 Å². The van der Waals surface area contributed by atoms with Crippen LogP contribution in [0.5, 0.6) is 0 Å². The lowest BCUT2D eigenvalue weighted by molar-refractivity contribution is -0.121. The predicted molar refractivity (Wildman–Crippen MR) is 79.7 cm³/mol. The Bertz CT molecular complexity index is 648. The molecule has 0 bridgehead atoms. The number of amides is 1. The maximum Gasteiger partial charge on any atom is 0.235 e. The van der Waals surface area contributed by atoms with Gasteiger partial charge in [0, 0.05) is 13.1 Å². The fourth-order valence-electron chi connectivity index (χ4n) is 1.73. The molecule has 0 spiro atoms. The molecule has 0 saturated carbocycles. The zero-order valence-corrected chi connectivity index (χ0v) is 13.1. The van der Waals surface area contributed by atoms with Crippen LogP contribution >= 0.6 is 0 Å². The number of sulfonamides is 1. The molecular formula is C14H19N3O3S. The van der Waals surface area contributed by atoms with Crippen molar-refractivity contribution in [1.29, 1.82) is 5.26 Å². The van der Waals surface area contributed by atoms with Gasteiger partial charge >= 0.3 is 0 Å². The molecule has 0 saturated heterocycles. The minimum atomic E-state index is -3.66. The maximum absolute atomic E-state index is 12.2. The second kappa shape index (κ2) is 7.20. The Balaban J connectivity index is 2.82. The van der Waals surface area contributed by atoms with E-state index in [1.165, 1.54) is 7.05 Å². The Hall–Kier alpha value is -1.91. The van der Waals surface area contributed by atoms with E-state index in [1.807, 2.05) is 6.07 Å². The average Bonchev–Trinajstić information content (AvgIpc) is 2.37. The predicted octanol–water partition coefficient (Wildman–Crippen LogP) is 0.844. The Kier molecular flexibility index (Phi) is 5.88. The minimum Gasteiger partial charge on any atom is -0.353 e. The minimum absolute atomic E-state index is 0.0482. The van der Waals surface area contributed by atoms with Crippen LogP contribution in [0, 0.1) is 11.3 Å². The summed E-state index contributed by atoms with van der Waals surface area (Å²) >= 11 is 0. The molecule has 0 radical (unpaired) electrons. The lowest BCUT2D eigenvalue weighted by Crippen LogP contribution is -2.41. The number of nitrogens with one attached hydrogen (secondary N) is 1. The van der Waals surface area contributed by atoms with E-state index in [0.29, 0.717) is 11.1 Å². The van der Waals surface area contributed by atoms with E-state index in [2.05, 4.69) is 5.32 Å². The standard InChI is InChI=1S/C14H19N3O3S/c1-11(2)16-14(18)9-17(3)21(19,20)10-13-7-5-4-6-12(13)8-15/h4-7,11H,9-10H2,1-3H3,(H,16,18). The van der Waals surface area contributed by atoms with Crippen LogP contribution in [0.1, 0.15) is 25.0 Å². The van der Waals surface area contributed by atoms with Gasteiger partial charge in [0.2, 0.25) is 15.9 Å². The molecule has 1 aromatic carbocycles. The summed E-state index contributed by atoms with van der Waals surface area (Å²) in [7, 11) is -2.30. The number of carbonyl (C=O) groups is 1. The van der Waals surface area contributed by atoms with Gasteiger partial charge in [0.15, 0.2) is 0 Å². The first kappa shape index (κ1) is 17.1. The summed E-state index contributed by atoms with van der Waals surface area (Å²) in [5, 5.41) is 11.6. The number of hydrogen-bond donors (Lipinski definition) is 1. The fraction of sp³-hybridized carbons (Fsp3) is 0.429. The highest BCUT2D eigenvalue weighted by molar-refractivity contribution is 7.88. The quantitative estimate of drug-likeness (QED) is 0.843. The first-order valence-corrected chi connectivity index (χ1v) is 8.08. The van der Waals surface area contributed by atoms with Crippen LogP contribution in [-0.2, 0) is 20.6 Å². The van der Waals surface area contributed by atoms with Crippen LogP contribution in [0.3, 0.4) is 0 Å². The van der Waals surface area contributed by atoms with E-state index >= 15 is 0 Å². The van der Waals surface area contributed by atoms with Gasteiger partial charge in [-0.05, 0) is 25.5 Å². The largest absolute Gasteiger partial charge is 0.353 e. The highest BCUT2D eigenvalue weighted by Crippen LogP contribution is 2.13. The van der Waals surface area contributed by atoms with Gasteiger partial charge < -0.3 is 5.32 Å². The van der Waals surface area contributed by atoms with E-state index in [1.54, 1.807) is 38.1 Å². The molecule has 0 atom stereocenters. The van der Waals surface area contributed by atoms with Crippen LogP contribution < -0.4 is 5.32 Å².